The van der Waals surface area contributed by atoms with E-state index in [1.165, 1.54) is 72.0 Å². The fourth-order valence-corrected chi connectivity index (χ4v) is 11.3. The van der Waals surface area contributed by atoms with E-state index in [2.05, 4.69) is 30.4 Å². The lowest BCUT2D eigenvalue weighted by Crippen LogP contribution is -2.40. The number of aromatic nitrogens is 6. The number of thioether (sulfide) groups is 3. The van der Waals surface area contributed by atoms with E-state index in [-0.39, 0.29) is 84.1 Å². The van der Waals surface area contributed by atoms with Crippen LogP contribution in [0, 0.1) is 38.2 Å². The Hall–Kier alpha value is -7.25. The topological polar surface area (TPSA) is 244 Å². The Morgan fingerprint density at radius 1 is 0.630 bits per heavy atom. The van der Waals surface area contributed by atoms with Gasteiger partial charge in [-0.05, 0) is 103 Å². The number of aromatic amines is 2. The fraction of sp³-hybridized carbons (Fsp3) is 0.314. The standard InChI is InChI=1S/C18H20FN5O3S2.C18H18FN5O3S2.C15H15FN2O3S2/c2*1-10-4-11(5-12(19)16(10)27-8-14-20-9-21-22-14)6-13-17(26)24(18(28)29-13)7-15(25)23(2)3;1-8-4-9(5-10(16)13(8)20)6-11-14(21)18(15(22)23-11)7-12(19)17(2)3/h4-5,9,13H,6-8H2,1-3H3,(H,20,21,22);4-6,9H,7-8H2,1-3H3,(H,20,21,22);4-6,20H,7H2,1-3H3/b;13-6-;11-6-. The number of halogens is 3. The van der Waals surface area contributed by atoms with E-state index in [4.69, 9.17) is 46.1 Å². The average Bonchev–Trinajstić information content (AvgIpc) is 4.35. The first kappa shape index (κ1) is 62.9. The summed E-state index contributed by atoms with van der Waals surface area (Å²) in [7, 11) is 9.64. The van der Waals surface area contributed by atoms with Gasteiger partial charge in [0.25, 0.3) is 11.8 Å². The van der Waals surface area contributed by atoms with Crippen LogP contribution in [0.1, 0.15) is 45.0 Å². The van der Waals surface area contributed by atoms with Gasteiger partial charge in [0.1, 0.15) is 58.5 Å². The Morgan fingerprint density at radius 3 is 1.46 bits per heavy atom. The van der Waals surface area contributed by atoms with Gasteiger partial charge < -0.3 is 29.3 Å². The van der Waals surface area contributed by atoms with Crippen molar-refractivity contribution in [1.29, 1.82) is 0 Å². The molecule has 6 amide bonds. The molecule has 0 saturated carbocycles. The number of carbonyl (C=O) groups is 6. The van der Waals surface area contributed by atoms with Gasteiger partial charge in [0.05, 0.1) is 15.1 Å². The molecule has 0 spiro atoms. The molecular weight excluding hydrogens is 1170 g/mol. The lowest BCUT2D eigenvalue weighted by Gasteiger charge is -2.18. The third kappa shape index (κ3) is 16.5. The average molecular weight is 1230 g/mol. The van der Waals surface area contributed by atoms with Crippen LogP contribution in [0.5, 0.6) is 17.2 Å². The van der Waals surface area contributed by atoms with Gasteiger partial charge in [0.2, 0.25) is 23.6 Å². The van der Waals surface area contributed by atoms with Crippen molar-refractivity contribution in [3.8, 4) is 17.2 Å². The van der Waals surface area contributed by atoms with E-state index in [9.17, 15) is 47.0 Å². The highest BCUT2D eigenvalue weighted by Gasteiger charge is 2.39. The zero-order chi connectivity index (χ0) is 59.6. The number of carbonyl (C=O) groups excluding carboxylic acids is 6. The van der Waals surface area contributed by atoms with Crippen molar-refractivity contribution in [1.82, 2.24) is 59.8 Å². The fourth-order valence-electron chi connectivity index (χ4n) is 7.24. The van der Waals surface area contributed by atoms with Gasteiger partial charge in [-0.2, -0.15) is 10.2 Å². The van der Waals surface area contributed by atoms with Crippen LogP contribution in [-0.4, -0.2) is 180 Å². The van der Waals surface area contributed by atoms with Crippen molar-refractivity contribution in [2.75, 3.05) is 61.9 Å². The summed E-state index contributed by atoms with van der Waals surface area (Å²) < 4.78 is 54.6. The van der Waals surface area contributed by atoms with Gasteiger partial charge in [-0.15, -0.1) is 0 Å². The number of aromatic hydroxyl groups is 1. The minimum atomic E-state index is -0.755. The summed E-state index contributed by atoms with van der Waals surface area (Å²) in [5.41, 5.74) is 3.13. The highest BCUT2D eigenvalue weighted by atomic mass is 32.2. The maximum absolute atomic E-state index is 14.6. The second-order valence-electron chi connectivity index (χ2n) is 18.4. The number of phenols is 1. The summed E-state index contributed by atoms with van der Waals surface area (Å²) in [5, 5.41) is 21.7. The third-order valence-electron chi connectivity index (χ3n) is 11.6. The number of H-pyrrole nitrogens is 2. The first-order valence-corrected chi connectivity index (χ1v) is 27.6. The van der Waals surface area contributed by atoms with Gasteiger partial charge in [0, 0.05) is 42.3 Å². The number of hydrogen-bond donors (Lipinski definition) is 3. The molecule has 3 fully saturated rings. The monoisotopic (exact) mass is 1230 g/mol. The number of phenolic OH excluding ortho intramolecular Hbond substituents is 1. The second kappa shape index (κ2) is 28.0. The van der Waals surface area contributed by atoms with Crippen molar-refractivity contribution < 1.29 is 56.5 Å². The highest BCUT2D eigenvalue weighted by molar-refractivity contribution is 8.27. The number of nitrogens with one attached hydrogen (secondary N) is 2. The lowest BCUT2D eigenvalue weighted by molar-refractivity contribution is -0.135. The predicted octanol–water partition coefficient (Wildman–Crippen LogP) is 5.94. The molecule has 1 atom stereocenters. The zero-order valence-corrected chi connectivity index (χ0v) is 49.8. The number of amides is 6. The van der Waals surface area contributed by atoms with E-state index < -0.39 is 28.5 Å². The van der Waals surface area contributed by atoms with Crippen molar-refractivity contribution in [2.45, 2.75) is 45.7 Å². The maximum Gasteiger partial charge on any atom is 0.266 e. The van der Waals surface area contributed by atoms with Crippen LogP contribution in [-0.2, 0) is 48.4 Å². The normalized spacial score (nSPS) is 16.0. The van der Waals surface area contributed by atoms with Gasteiger partial charge in [0.15, 0.2) is 46.3 Å². The van der Waals surface area contributed by atoms with Crippen LogP contribution in [0.3, 0.4) is 0 Å². The summed E-state index contributed by atoms with van der Waals surface area (Å²) in [5.74, 6) is -2.74. The molecule has 3 saturated heterocycles. The molecule has 428 valence electrons. The van der Waals surface area contributed by atoms with Gasteiger partial charge >= 0.3 is 0 Å². The lowest BCUT2D eigenvalue weighted by atomic mass is 10.0. The minimum Gasteiger partial charge on any atom is -0.505 e. The van der Waals surface area contributed by atoms with Crippen LogP contribution < -0.4 is 9.47 Å². The smallest absolute Gasteiger partial charge is 0.266 e. The second-order valence-corrected chi connectivity index (χ2v) is 23.6. The maximum atomic E-state index is 14.6. The Balaban J connectivity index is 0.000000197. The van der Waals surface area contributed by atoms with E-state index >= 15 is 0 Å². The molecule has 5 heterocycles. The zero-order valence-electron chi connectivity index (χ0n) is 44.9. The number of aryl methyl sites for hydroxylation is 3. The number of thiocarbonyl (C=S) groups is 3. The molecule has 30 heteroatoms. The Kier molecular flexibility index (Phi) is 21.7. The third-order valence-corrected chi connectivity index (χ3v) is 15.9. The van der Waals surface area contributed by atoms with E-state index in [0.29, 0.717) is 69.9 Å². The first-order chi connectivity index (χ1) is 38.2. The van der Waals surface area contributed by atoms with Gasteiger partial charge in [-0.25, -0.2) is 23.1 Å². The summed E-state index contributed by atoms with van der Waals surface area (Å²) in [6.07, 6.45) is 6.04. The quantitative estimate of drug-likeness (QED) is 0.0764. The van der Waals surface area contributed by atoms with Crippen LogP contribution in [0.25, 0.3) is 12.2 Å². The number of ether oxygens (including phenoxy) is 2. The molecule has 0 bridgehead atoms. The molecule has 8 rings (SSSR count). The number of rotatable bonds is 16. The van der Waals surface area contributed by atoms with Crippen LogP contribution >= 0.6 is 71.9 Å². The summed E-state index contributed by atoms with van der Waals surface area (Å²) >= 11 is 18.9. The van der Waals surface area contributed by atoms with Gasteiger partial charge in [-0.3, -0.25) is 53.7 Å². The SMILES string of the molecule is Cc1cc(/C=C2\SC(=S)N(CC(=O)N(C)C)C2=O)cc(F)c1O.Cc1cc(/C=C2\SC(=S)N(CC(=O)N(C)C)C2=O)cc(F)c1OCc1ncn[nH]1.Cc1cc(CC2SC(=S)N(CC(=O)N(C)C)C2=O)cc(F)c1OCc1ncn[nH]1. The molecule has 3 aromatic carbocycles. The number of nitrogens with zero attached hydrogens (tertiary/aromatic N) is 10. The molecular formula is C51H53F3N12O9S6. The summed E-state index contributed by atoms with van der Waals surface area (Å²) in [4.78, 5) is 89.6. The predicted molar refractivity (Wildman–Crippen MR) is 312 cm³/mol. The molecule has 0 aliphatic carbocycles. The van der Waals surface area contributed by atoms with E-state index in [1.807, 2.05) is 0 Å². The first-order valence-electron chi connectivity index (χ1n) is 23.9. The van der Waals surface area contributed by atoms with Crippen LogP contribution in [0.15, 0.2) is 58.9 Å². The van der Waals surface area contributed by atoms with E-state index in [1.54, 1.807) is 87.3 Å². The van der Waals surface area contributed by atoms with Crippen LogP contribution in [0.2, 0.25) is 0 Å². The molecule has 0 radical (unpaired) electrons. The van der Waals surface area contributed by atoms with E-state index in [0.717, 1.165) is 29.6 Å². The highest BCUT2D eigenvalue weighted by Crippen LogP contribution is 2.36. The van der Waals surface area contributed by atoms with Crippen molar-refractivity contribution in [3.05, 3.63) is 121 Å². The summed E-state index contributed by atoms with van der Waals surface area (Å²) in [6.45, 7) is 4.78. The Labute approximate surface area is 492 Å². The number of likely N-dealkylation sites (N-methyl/N-ethyl adjacent to an activating group) is 3. The largest absolute Gasteiger partial charge is 0.505 e. The molecule has 5 aromatic rings. The van der Waals surface area contributed by atoms with Crippen molar-refractivity contribution in [3.63, 3.8) is 0 Å². The Morgan fingerprint density at radius 2 is 1.05 bits per heavy atom. The number of hydrogen-bond acceptors (Lipinski definition) is 19. The van der Waals surface area contributed by atoms with Gasteiger partial charge in [-0.1, -0.05) is 78.0 Å². The molecule has 2 aromatic heterocycles. The minimum absolute atomic E-state index is 0.0513. The van der Waals surface area contributed by atoms with Crippen molar-refractivity contribution >= 4 is 132 Å². The van der Waals surface area contributed by atoms with Crippen molar-refractivity contribution in [2.24, 2.45) is 0 Å². The Bertz CT molecular complexity index is 3280. The summed E-state index contributed by atoms with van der Waals surface area (Å²) in [6, 6.07) is 8.82. The van der Waals surface area contributed by atoms with Crippen LogP contribution in [0.4, 0.5) is 13.2 Å². The number of benzene rings is 3. The molecule has 3 aliphatic rings. The molecule has 81 heavy (non-hydrogen) atoms. The molecule has 3 N–H and O–H groups in total. The molecule has 1 unspecified atom stereocenters. The molecule has 21 nitrogen and oxygen atoms in total. The molecule has 3 aliphatic heterocycles.